The molecule has 0 aliphatic carbocycles. The van der Waals surface area contributed by atoms with Crippen LogP contribution < -0.4 is 5.32 Å². The largest absolute Gasteiger partial charge is 0.315 e. The molecule has 2 heteroatoms. The minimum absolute atomic E-state index is 0.595. The van der Waals surface area contributed by atoms with Crippen LogP contribution in [0.1, 0.15) is 32.8 Å². The zero-order valence-corrected chi connectivity index (χ0v) is 12.0. The molecule has 0 heterocycles. The summed E-state index contributed by atoms with van der Waals surface area (Å²) in [5, 5.41) is 3.46. The smallest absolute Gasteiger partial charge is 0.0177 e. The van der Waals surface area contributed by atoms with E-state index in [0.717, 1.165) is 12.5 Å². The van der Waals surface area contributed by atoms with Crippen LogP contribution in [0.3, 0.4) is 0 Å². The number of hydrogen-bond donors (Lipinski definition) is 1. The first-order chi connectivity index (χ1) is 7.58. The molecule has 90 valence electrons. The maximum atomic E-state index is 3.51. The number of rotatable bonds is 6. The Balaban J connectivity index is 2.31. The van der Waals surface area contributed by atoms with Gasteiger partial charge in [-0.1, -0.05) is 48.8 Å². The highest BCUT2D eigenvalue weighted by atomic mass is 79.9. The third kappa shape index (κ3) is 5.66. The lowest BCUT2D eigenvalue weighted by molar-refractivity contribution is 0.476. The normalized spacial score (nSPS) is 13.1. The molecular weight excluding hydrogens is 262 g/mol. The van der Waals surface area contributed by atoms with Crippen molar-refractivity contribution in [3.63, 3.8) is 0 Å². The number of hydrogen-bond acceptors (Lipinski definition) is 1. The van der Waals surface area contributed by atoms with Gasteiger partial charge in [-0.05, 0) is 43.0 Å². The van der Waals surface area contributed by atoms with E-state index in [1.165, 1.54) is 22.9 Å². The minimum Gasteiger partial charge on any atom is -0.315 e. The molecule has 1 aromatic rings. The van der Waals surface area contributed by atoms with Crippen molar-refractivity contribution in [2.75, 3.05) is 6.54 Å². The summed E-state index contributed by atoms with van der Waals surface area (Å²) in [5.74, 6) is 0.737. The molecule has 0 bridgehead atoms. The van der Waals surface area contributed by atoms with Crippen molar-refractivity contribution >= 4 is 15.9 Å². The van der Waals surface area contributed by atoms with Crippen LogP contribution in [0.5, 0.6) is 0 Å². The van der Waals surface area contributed by atoms with Gasteiger partial charge in [0.2, 0.25) is 0 Å². The molecule has 0 spiro atoms. The average Bonchev–Trinajstić information content (AvgIpc) is 2.16. The number of benzene rings is 1. The highest BCUT2D eigenvalue weighted by molar-refractivity contribution is 9.10. The van der Waals surface area contributed by atoms with Crippen molar-refractivity contribution in [2.45, 2.75) is 39.7 Å². The molecule has 0 saturated carbocycles. The monoisotopic (exact) mass is 283 g/mol. The number of halogens is 1. The molecule has 1 N–H and O–H groups in total. The zero-order valence-electron chi connectivity index (χ0n) is 10.5. The summed E-state index contributed by atoms with van der Waals surface area (Å²) in [6.07, 6.45) is 2.41. The van der Waals surface area contributed by atoms with Gasteiger partial charge >= 0.3 is 0 Å². The SMILES string of the molecule is CC(CCNC(C)C)Cc1cccc(Br)c1. The van der Waals surface area contributed by atoms with Crippen molar-refractivity contribution in [3.8, 4) is 0 Å². The standard InChI is InChI=1S/C14H22BrN/c1-11(2)16-8-7-12(3)9-13-5-4-6-14(15)10-13/h4-6,10-12,16H,7-9H2,1-3H3. The van der Waals surface area contributed by atoms with Crippen molar-refractivity contribution in [1.29, 1.82) is 0 Å². The van der Waals surface area contributed by atoms with Crippen LogP contribution in [0.15, 0.2) is 28.7 Å². The van der Waals surface area contributed by atoms with E-state index >= 15 is 0 Å². The first kappa shape index (κ1) is 13.7. The average molecular weight is 284 g/mol. The Labute approximate surface area is 108 Å². The molecule has 1 aromatic carbocycles. The summed E-state index contributed by atoms with van der Waals surface area (Å²) in [4.78, 5) is 0. The molecule has 0 amide bonds. The summed E-state index contributed by atoms with van der Waals surface area (Å²) in [7, 11) is 0. The second kappa shape index (κ2) is 7.08. The molecule has 1 nitrogen and oxygen atoms in total. The third-order valence-electron chi connectivity index (χ3n) is 2.66. The first-order valence-corrected chi connectivity index (χ1v) is 6.85. The zero-order chi connectivity index (χ0) is 12.0. The third-order valence-corrected chi connectivity index (χ3v) is 3.16. The van der Waals surface area contributed by atoms with Crippen LogP contribution in [0, 0.1) is 5.92 Å². The molecule has 0 fully saturated rings. The lowest BCUT2D eigenvalue weighted by Gasteiger charge is -2.13. The molecule has 0 radical (unpaired) electrons. The first-order valence-electron chi connectivity index (χ1n) is 6.05. The van der Waals surface area contributed by atoms with Gasteiger partial charge in [-0.2, -0.15) is 0 Å². The second-order valence-corrected chi connectivity index (χ2v) is 5.75. The summed E-state index contributed by atoms with van der Waals surface area (Å²) in [5.41, 5.74) is 1.42. The van der Waals surface area contributed by atoms with E-state index in [1.54, 1.807) is 0 Å². The summed E-state index contributed by atoms with van der Waals surface area (Å²) in [6.45, 7) is 7.83. The van der Waals surface area contributed by atoms with Crippen molar-refractivity contribution in [1.82, 2.24) is 5.32 Å². The van der Waals surface area contributed by atoms with E-state index in [2.05, 4.69) is 66.3 Å². The van der Waals surface area contributed by atoms with Crippen LogP contribution in [0.25, 0.3) is 0 Å². The molecule has 1 atom stereocenters. The van der Waals surface area contributed by atoms with E-state index < -0.39 is 0 Å². The lowest BCUT2D eigenvalue weighted by Crippen LogP contribution is -2.25. The van der Waals surface area contributed by atoms with Crippen LogP contribution in [0.4, 0.5) is 0 Å². The van der Waals surface area contributed by atoms with Gasteiger partial charge in [-0.25, -0.2) is 0 Å². The fourth-order valence-corrected chi connectivity index (χ4v) is 2.23. The van der Waals surface area contributed by atoms with Gasteiger partial charge in [-0.3, -0.25) is 0 Å². The molecule has 0 aromatic heterocycles. The fraction of sp³-hybridized carbons (Fsp3) is 0.571. The van der Waals surface area contributed by atoms with E-state index in [4.69, 9.17) is 0 Å². The highest BCUT2D eigenvalue weighted by Gasteiger charge is 2.04. The molecular formula is C14H22BrN. The van der Waals surface area contributed by atoms with Crippen LogP contribution in [-0.2, 0) is 6.42 Å². The van der Waals surface area contributed by atoms with Gasteiger partial charge in [0, 0.05) is 10.5 Å². The van der Waals surface area contributed by atoms with Crippen molar-refractivity contribution in [2.24, 2.45) is 5.92 Å². The lowest BCUT2D eigenvalue weighted by atomic mass is 9.98. The topological polar surface area (TPSA) is 12.0 Å². The fourth-order valence-electron chi connectivity index (χ4n) is 1.79. The predicted molar refractivity (Wildman–Crippen MR) is 74.8 cm³/mol. The molecule has 1 unspecified atom stereocenters. The Kier molecular flexibility index (Phi) is 6.07. The summed E-state index contributed by atoms with van der Waals surface area (Å²) < 4.78 is 1.18. The van der Waals surface area contributed by atoms with Gasteiger partial charge in [0.05, 0.1) is 0 Å². The van der Waals surface area contributed by atoms with Crippen molar-refractivity contribution in [3.05, 3.63) is 34.3 Å². The van der Waals surface area contributed by atoms with E-state index in [0.29, 0.717) is 6.04 Å². The van der Waals surface area contributed by atoms with E-state index in [-0.39, 0.29) is 0 Å². The minimum atomic E-state index is 0.595. The van der Waals surface area contributed by atoms with Crippen LogP contribution in [-0.4, -0.2) is 12.6 Å². The Morgan fingerprint density at radius 3 is 2.62 bits per heavy atom. The highest BCUT2D eigenvalue weighted by Crippen LogP contribution is 2.16. The Bertz CT molecular complexity index is 309. The Morgan fingerprint density at radius 2 is 2.00 bits per heavy atom. The van der Waals surface area contributed by atoms with Gasteiger partial charge in [0.25, 0.3) is 0 Å². The Morgan fingerprint density at radius 1 is 1.25 bits per heavy atom. The number of nitrogens with one attached hydrogen (secondary N) is 1. The van der Waals surface area contributed by atoms with Gasteiger partial charge in [-0.15, -0.1) is 0 Å². The second-order valence-electron chi connectivity index (χ2n) is 4.84. The van der Waals surface area contributed by atoms with E-state index in [9.17, 15) is 0 Å². The molecule has 0 saturated heterocycles. The molecule has 0 aliphatic rings. The maximum absolute atomic E-state index is 3.51. The van der Waals surface area contributed by atoms with Crippen LogP contribution in [0.2, 0.25) is 0 Å². The summed E-state index contributed by atoms with van der Waals surface area (Å²) in [6, 6.07) is 9.20. The van der Waals surface area contributed by atoms with Gasteiger partial charge in [0.15, 0.2) is 0 Å². The van der Waals surface area contributed by atoms with E-state index in [1.807, 2.05) is 0 Å². The molecule has 1 rings (SSSR count). The van der Waals surface area contributed by atoms with Gasteiger partial charge < -0.3 is 5.32 Å². The van der Waals surface area contributed by atoms with Gasteiger partial charge in [0.1, 0.15) is 0 Å². The van der Waals surface area contributed by atoms with Crippen LogP contribution >= 0.6 is 15.9 Å². The molecule has 0 aliphatic heterocycles. The predicted octanol–water partition coefficient (Wildman–Crippen LogP) is 4.02. The maximum Gasteiger partial charge on any atom is 0.0177 e. The summed E-state index contributed by atoms with van der Waals surface area (Å²) >= 11 is 3.51. The van der Waals surface area contributed by atoms with Crippen molar-refractivity contribution < 1.29 is 0 Å². The molecule has 16 heavy (non-hydrogen) atoms. The quantitative estimate of drug-likeness (QED) is 0.832. The Hall–Kier alpha value is -0.340.